The molecule has 7 nitrogen and oxygen atoms in total. The third-order valence-electron chi connectivity index (χ3n) is 3.98. The van der Waals surface area contributed by atoms with Crippen molar-refractivity contribution in [1.82, 2.24) is 20.3 Å². The van der Waals surface area contributed by atoms with E-state index in [0.717, 1.165) is 33.1 Å². The van der Waals surface area contributed by atoms with Gasteiger partial charge in [0.05, 0.1) is 11.0 Å². The number of carbonyl (C=O) groups is 1. The van der Waals surface area contributed by atoms with Crippen molar-refractivity contribution >= 4 is 44.8 Å². The summed E-state index contributed by atoms with van der Waals surface area (Å²) < 4.78 is 0. The Labute approximate surface area is 143 Å². The van der Waals surface area contributed by atoms with E-state index in [0.29, 0.717) is 18.7 Å². The van der Waals surface area contributed by atoms with Crippen LogP contribution in [0, 0.1) is 0 Å². The number of benzene rings is 2. The molecule has 0 aliphatic carbocycles. The first-order valence-corrected chi connectivity index (χ1v) is 8.08. The fraction of sp³-hybridized carbons (Fsp3) is 0.167. The first kappa shape index (κ1) is 15.3. The van der Waals surface area contributed by atoms with Crippen LogP contribution >= 0.6 is 0 Å². The van der Waals surface area contributed by atoms with Gasteiger partial charge in [-0.15, -0.1) is 0 Å². The monoisotopic (exact) mass is 335 g/mol. The number of rotatable bonds is 4. The zero-order valence-electron chi connectivity index (χ0n) is 13.4. The van der Waals surface area contributed by atoms with E-state index in [4.69, 9.17) is 10.1 Å². The van der Waals surface area contributed by atoms with E-state index in [1.807, 2.05) is 42.5 Å². The van der Waals surface area contributed by atoms with Crippen molar-refractivity contribution in [2.24, 2.45) is 0 Å². The molecule has 2 amide bonds. The second-order valence-corrected chi connectivity index (χ2v) is 5.75. The molecular weight excluding hydrogens is 318 g/mol. The largest absolute Gasteiger partial charge is 0.396 e. The molecule has 126 valence electrons. The number of urea groups is 1. The second kappa shape index (κ2) is 6.37. The average molecular weight is 335 g/mol. The Hall–Kier alpha value is -3.19. The fourth-order valence-electron chi connectivity index (χ4n) is 2.79. The second-order valence-electron chi connectivity index (χ2n) is 5.75. The zero-order chi connectivity index (χ0) is 17.2. The Balaban J connectivity index is 1.70. The highest BCUT2D eigenvalue weighted by molar-refractivity contribution is 6.07. The fourth-order valence-corrected chi connectivity index (χ4v) is 2.79. The van der Waals surface area contributed by atoms with Crippen molar-refractivity contribution in [3.05, 3.63) is 42.5 Å². The number of aromatic nitrogens is 3. The minimum absolute atomic E-state index is 0.0498. The molecule has 0 radical (unpaired) electrons. The Morgan fingerprint density at radius 1 is 1.12 bits per heavy atom. The number of para-hydroxylation sites is 2. The maximum Gasteiger partial charge on any atom is 0.319 e. The first-order valence-electron chi connectivity index (χ1n) is 8.08. The highest BCUT2D eigenvalue weighted by atomic mass is 16.3. The molecule has 0 saturated heterocycles. The Morgan fingerprint density at radius 3 is 2.72 bits per heavy atom. The highest BCUT2D eigenvalue weighted by Gasteiger charge is 2.10. The number of aliphatic hydroxyl groups is 1. The molecule has 0 aliphatic rings. The van der Waals surface area contributed by atoms with Gasteiger partial charge in [-0.1, -0.05) is 12.1 Å². The maximum atomic E-state index is 11.9. The number of amides is 2. The third-order valence-corrected chi connectivity index (χ3v) is 3.98. The van der Waals surface area contributed by atoms with Crippen molar-refractivity contribution < 1.29 is 9.90 Å². The SMILES string of the molecule is O=C(NCCCO)Nc1ccc2[nH]c3nc4ccccc4nc3c2c1. The van der Waals surface area contributed by atoms with E-state index in [2.05, 4.69) is 20.6 Å². The first-order chi connectivity index (χ1) is 12.2. The standard InChI is InChI=1S/C18H17N5O2/c24-9-3-8-19-18(25)20-11-6-7-13-12(10-11)16-17(22-13)23-15-5-2-1-4-14(15)21-16/h1-2,4-7,10,24H,3,8-9H2,(H,22,23)(H2,19,20,25). The van der Waals surface area contributed by atoms with Crippen LogP contribution in [-0.2, 0) is 0 Å². The van der Waals surface area contributed by atoms with Crippen molar-refractivity contribution in [2.45, 2.75) is 6.42 Å². The van der Waals surface area contributed by atoms with Gasteiger partial charge in [0, 0.05) is 29.7 Å². The number of hydrogen-bond acceptors (Lipinski definition) is 4. The number of anilines is 1. The predicted molar refractivity (Wildman–Crippen MR) is 97.6 cm³/mol. The third kappa shape index (κ3) is 2.97. The quantitative estimate of drug-likeness (QED) is 0.431. The van der Waals surface area contributed by atoms with E-state index in [-0.39, 0.29) is 12.6 Å². The molecule has 4 rings (SSSR count). The minimum atomic E-state index is -0.302. The molecule has 2 aromatic heterocycles. The lowest BCUT2D eigenvalue weighted by Gasteiger charge is -2.07. The molecule has 0 aliphatic heterocycles. The van der Waals surface area contributed by atoms with Crippen LogP contribution < -0.4 is 10.6 Å². The summed E-state index contributed by atoms with van der Waals surface area (Å²) in [5.41, 5.74) is 4.75. The van der Waals surface area contributed by atoms with Crippen molar-refractivity contribution in [3.8, 4) is 0 Å². The molecule has 4 N–H and O–H groups in total. The summed E-state index contributed by atoms with van der Waals surface area (Å²) in [6, 6.07) is 13.0. The summed E-state index contributed by atoms with van der Waals surface area (Å²) in [5, 5.41) is 15.1. The summed E-state index contributed by atoms with van der Waals surface area (Å²) in [6.45, 7) is 0.476. The summed E-state index contributed by atoms with van der Waals surface area (Å²) in [5.74, 6) is 0. The van der Waals surface area contributed by atoms with Gasteiger partial charge in [-0.05, 0) is 36.8 Å². The van der Waals surface area contributed by atoms with E-state index in [9.17, 15) is 4.79 Å². The molecule has 0 fully saturated rings. The summed E-state index contributed by atoms with van der Waals surface area (Å²) in [6.07, 6.45) is 0.525. The number of hydrogen-bond donors (Lipinski definition) is 4. The summed E-state index contributed by atoms with van der Waals surface area (Å²) >= 11 is 0. The minimum Gasteiger partial charge on any atom is -0.396 e. The van der Waals surface area contributed by atoms with Crippen LogP contribution in [0.15, 0.2) is 42.5 Å². The average Bonchev–Trinajstić information content (AvgIpc) is 2.97. The van der Waals surface area contributed by atoms with Gasteiger partial charge in [0.2, 0.25) is 0 Å². The van der Waals surface area contributed by atoms with Crippen LogP contribution in [0.1, 0.15) is 6.42 Å². The molecule has 0 atom stereocenters. The van der Waals surface area contributed by atoms with Crippen LogP contribution in [0.25, 0.3) is 33.1 Å². The Morgan fingerprint density at radius 2 is 1.92 bits per heavy atom. The van der Waals surface area contributed by atoms with Gasteiger partial charge in [0.1, 0.15) is 5.52 Å². The lowest BCUT2D eigenvalue weighted by atomic mass is 10.2. The van der Waals surface area contributed by atoms with E-state index in [1.54, 1.807) is 0 Å². The smallest absolute Gasteiger partial charge is 0.319 e. The number of H-pyrrole nitrogens is 1. The van der Waals surface area contributed by atoms with Crippen LogP contribution in [0.2, 0.25) is 0 Å². The number of nitrogens with zero attached hydrogens (tertiary/aromatic N) is 2. The van der Waals surface area contributed by atoms with Crippen molar-refractivity contribution in [2.75, 3.05) is 18.5 Å². The molecule has 4 aromatic rings. The van der Waals surface area contributed by atoms with Crippen LogP contribution in [0.5, 0.6) is 0 Å². The molecule has 2 aromatic carbocycles. The number of aromatic amines is 1. The van der Waals surface area contributed by atoms with E-state index < -0.39 is 0 Å². The Kier molecular flexibility index (Phi) is 3.91. The molecule has 7 heteroatoms. The topological polar surface area (TPSA) is 103 Å². The lowest BCUT2D eigenvalue weighted by molar-refractivity contribution is 0.249. The van der Waals surface area contributed by atoms with E-state index >= 15 is 0 Å². The van der Waals surface area contributed by atoms with Gasteiger partial charge in [-0.25, -0.2) is 14.8 Å². The van der Waals surface area contributed by atoms with Crippen LogP contribution in [0.3, 0.4) is 0 Å². The predicted octanol–water partition coefficient (Wildman–Crippen LogP) is 2.77. The van der Waals surface area contributed by atoms with Crippen molar-refractivity contribution in [3.63, 3.8) is 0 Å². The van der Waals surface area contributed by atoms with Crippen LogP contribution in [0.4, 0.5) is 10.5 Å². The Bertz CT molecular complexity index is 1070. The molecule has 0 saturated carbocycles. The maximum absolute atomic E-state index is 11.9. The molecular formula is C18H17N5O2. The number of aliphatic hydroxyl groups excluding tert-OH is 1. The normalized spacial score (nSPS) is 11.2. The lowest BCUT2D eigenvalue weighted by Crippen LogP contribution is -2.29. The summed E-state index contributed by atoms with van der Waals surface area (Å²) in [4.78, 5) is 24.4. The van der Waals surface area contributed by atoms with Gasteiger partial charge in [0.15, 0.2) is 5.65 Å². The zero-order valence-corrected chi connectivity index (χ0v) is 13.4. The number of nitrogens with one attached hydrogen (secondary N) is 3. The highest BCUT2D eigenvalue weighted by Crippen LogP contribution is 2.27. The van der Waals surface area contributed by atoms with E-state index in [1.165, 1.54) is 0 Å². The molecule has 25 heavy (non-hydrogen) atoms. The van der Waals surface area contributed by atoms with Gasteiger partial charge >= 0.3 is 6.03 Å². The molecule has 0 spiro atoms. The van der Waals surface area contributed by atoms with Gasteiger partial charge in [-0.2, -0.15) is 0 Å². The number of carbonyl (C=O) groups excluding carboxylic acids is 1. The summed E-state index contributed by atoms with van der Waals surface area (Å²) in [7, 11) is 0. The van der Waals surface area contributed by atoms with Gasteiger partial charge in [-0.3, -0.25) is 0 Å². The van der Waals surface area contributed by atoms with Crippen LogP contribution in [-0.4, -0.2) is 39.2 Å². The molecule has 2 heterocycles. The molecule has 0 unspecified atom stereocenters. The number of fused-ring (bicyclic) bond motifs is 4. The van der Waals surface area contributed by atoms with Crippen molar-refractivity contribution in [1.29, 1.82) is 0 Å². The molecule has 0 bridgehead atoms. The van der Waals surface area contributed by atoms with Gasteiger partial charge < -0.3 is 20.7 Å². The van der Waals surface area contributed by atoms with Gasteiger partial charge in [0.25, 0.3) is 0 Å².